The first-order valence-electron chi connectivity index (χ1n) is 4.83. The number of aliphatic carboxylic acids is 1. The molecule has 2 rings (SSSR count). The van der Waals surface area contributed by atoms with Crippen LogP contribution in [0.5, 0.6) is 0 Å². The molecule has 15 heavy (non-hydrogen) atoms. The Kier molecular flexibility index (Phi) is 2.98. The van der Waals surface area contributed by atoms with Gasteiger partial charge >= 0.3 is 5.97 Å². The topological polar surface area (TPSA) is 58.6 Å². The third-order valence-corrected chi connectivity index (χ3v) is 2.75. The van der Waals surface area contributed by atoms with Crippen LogP contribution in [0.25, 0.3) is 0 Å². The lowest BCUT2D eigenvalue weighted by atomic mass is 10.0. The molecule has 0 amide bonds. The number of carboxylic acid groups (broad SMARTS) is 1. The van der Waals surface area contributed by atoms with Crippen LogP contribution in [0.4, 0.5) is 0 Å². The summed E-state index contributed by atoms with van der Waals surface area (Å²) in [4.78, 5) is 10.5. The Morgan fingerprint density at radius 1 is 1.67 bits per heavy atom. The van der Waals surface area contributed by atoms with E-state index < -0.39 is 5.97 Å². The molecule has 0 aromatic rings. The molecule has 0 aromatic carbocycles. The first-order valence-corrected chi connectivity index (χ1v) is 5.21. The molecule has 82 valence electrons. The van der Waals surface area contributed by atoms with Crippen molar-refractivity contribution in [3.63, 3.8) is 0 Å². The van der Waals surface area contributed by atoms with E-state index in [0.29, 0.717) is 13.0 Å². The molecule has 1 heterocycles. The fraction of sp³-hybridized carbons (Fsp3) is 0.500. The van der Waals surface area contributed by atoms with E-state index in [9.17, 15) is 4.79 Å². The van der Waals surface area contributed by atoms with Crippen molar-refractivity contribution < 1.29 is 14.6 Å². The van der Waals surface area contributed by atoms with Crippen LogP contribution < -0.4 is 5.32 Å². The number of carbonyl (C=O) groups is 1. The highest BCUT2D eigenvalue weighted by molar-refractivity contribution is 6.29. The highest BCUT2D eigenvalue weighted by atomic mass is 35.5. The predicted molar refractivity (Wildman–Crippen MR) is 55.6 cm³/mol. The lowest BCUT2D eigenvalue weighted by Crippen LogP contribution is -2.46. The van der Waals surface area contributed by atoms with Gasteiger partial charge in [0.1, 0.15) is 11.9 Å². The monoisotopic (exact) mass is 229 g/mol. The van der Waals surface area contributed by atoms with E-state index >= 15 is 0 Å². The van der Waals surface area contributed by atoms with Crippen LogP contribution in [-0.2, 0) is 9.53 Å². The number of allylic oxidation sites excluding steroid dienone is 2. The Hall–Kier alpha value is -1.00. The van der Waals surface area contributed by atoms with E-state index in [0.717, 1.165) is 10.8 Å². The molecule has 1 saturated heterocycles. The number of hydrogen-bond acceptors (Lipinski definition) is 3. The molecular weight excluding hydrogens is 218 g/mol. The van der Waals surface area contributed by atoms with E-state index in [-0.39, 0.29) is 18.6 Å². The minimum atomic E-state index is -0.842. The molecule has 2 atom stereocenters. The summed E-state index contributed by atoms with van der Waals surface area (Å²) in [5.41, 5.74) is 0. The first kappa shape index (κ1) is 10.5. The molecule has 1 aliphatic carbocycles. The zero-order chi connectivity index (χ0) is 10.8. The van der Waals surface area contributed by atoms with Gasteiger partial charge in [-0.15, -0.1) is 0 Å². The summed E-state index contributed by atoms with van der Waals surface area (Å²) in [7, 11) is 0. The van der Waals surface area contributed by atoms with Gasteiger partial charge in [-0.25, -0.2) is 0 Å². The predicted octanol–water partition coefficient (Wildman–Crippen LogP) is 1.23. The third-order valence-electron chi connectivity index (χ3n) is 2.47. The van der Waals surface area contributed by atoms with Crippen LogP contribution in [0.15, 0.2) is 22.9 Å². The standard InChI is InChI=1S/C10H12ClNO3/c11-6-1-2-9-8(3-6)12-5-7(15-9)4-10(13)14/h1-2,7-8,12H,3-5H2,(H,13,14). The van der Waals surface area contributed by atoms with Crippen molar-refractivity contribution in [2.75, 3.05) is 6.54 Å². The molecular formula is C10H12ClNO3. The van der Waals surface area contributed by atoms with Crippen molar-refractivity contribution in [3.05, 3.63) is 22.9 Å². The van der Waals surface area contributed by atoms with Crippen LogP contribution in [0.3, 0.4) is 0 Å². The van der Waals surface area contributed by atoms with Gasteiger partial charge in [-0.2, -0.15) is 0 Å². The average Bonchev–Trinajstić information content (AvgIpc) is 2.17. The summed E-state index contributed by atoms with van der Waals surface area (Å²) in [5.74, 6) is -0.0536. The molecule has 2 unspecified atom stereocenters. The van der Waals surface area contributed by atoms with Gasteiger partial charge in [0.2, 0.25) is 0 Å². The zero-order valence-corrected chi connectivity index (χ0v) is 8.83. The quantitative estimate of drug-likeness (QED) is 0.748. The molecule has 4 nitrogen and oxygen atoms in total. The lowest BCUT2D eigenvalue weighted by molar-refractivity contribution is -0.139. The maximum Gasteiger partial charge on any atom is 0.307 e. The summed E-state index contributed by atoms with van der Waals surface area (Å²) >= 11 is 5.88. The number of nitrogens with one attached hydrogen (secondary N) is 1. The van der Waals surface area contributed by atoms with Gasteiger partial charge in [-0.05, 0) is 12.2 Å². The van der Waals surface area contributed by atoms with Gasteiger partial charge in [0.05, 0.1) is 12.5 Å². The molecule has 0 radical (unpaired) electrons. The van der Waals surface area contributed by atoms with Gasteiger partial charge in [-0.3, -0.25) is 4.79 Å². The van der Waals surface area contributed by atoms with Crippen molar-refractivity contribution in [1.82, 2.24) is 5.32 Å². The Morgan fingerprint density at radius 2 is 2.47 bits per heavy atom. The minimum absolute atomic E-state index is 0.0223. The maximum atomic E-state index is 10.5. The van der Waals surface area contributed by atoms with Crippen LogP contribution in [0.2, 0.25) is 0 Å². The summed E-state index contributed by atoms with van der Waals surface area (Å²) < 4.78 is 5.56. The van der Waals surface area contributed by atoms with E-state index in [2.05, 4.69) is 5.32 Å². The minimum Gasteiger partial charge on any atom is -0.491 e. The lowest BCUT2D eigenvalue weighted by Gasteiger charge is -2.34. The molecule has 0 spiro atoms. The molecule has 2 aliphatic rings. The number of hydrogen-bond donors (Lipinski definition) is 2. The fourth-order valence-electron chi connectivity index (χ4n) is 1.76. The van der Waals surface area contributed by atoms with Crippen LogP contribution in [0.1, 0.15) is 12.8 Å². The zero-order valence-electron chi connectivity index (χ0n) is 8.07. The normalized spacial score (nSPS) is 29.7. The Labute approximate surface area is 92.6 Å². The number of carboxylic acids is 1. The van der Waals surface area contributed by atoms with Crippen LogP contribution in [-0.4, -0.2) is 29.8 Å². The van der Waals surface area contributed by atoms with Crippen molar-refractivity contribution >= 4 is 17.6 Å². The molecule has 0 bridgehead atoms. The smallest absolute Gasteiger partial charge is 0.307 e. The SMILES string of the molecule is O=C(O)CC1CNC2CC(Cl)=CC=C2O1. The number of rotatable bonds is 2. The fourth-order valence-corrected chi connectivity index (χ4v) is 1.98. The number of fused-ring (bicyclic) bond motifs is 1. The number of halogens is 1. The second kappa shape index (κ2) is 4.24. The Balaban J connectivity index is 2.01. The maximum absolute atomic E-state index is 10.5. The van der Waals surface area contributed by atoms with Crippen molar-refractivity contribution in [2.45, 2.75) is 25.0 Å². The van der Waals surface area contributed by atoms with E-state index in [4.69, 9.17) is 21.4 Å². The summed E-state index contributed by atoms with van der Waals surface area (Å²) in [6.45, 7) is 0.554. The molecule has 1 aliphatic heterocycles. The Morgan fingerprint density at radius 3 is 3.20 bits per heavy atom. The first-order chi connectivity index (χ1) is 7.15. The molecule has 2 N–H and O–H groups in total. The molecule has 0 saturated carbocycles. The van der Waals surface area contributed by atoms with Gasteiger partial charge in [0, 0.05) is 18.0 Å². The van der Waals surface area contributed by atoms with Crippen LogP contribution in [0, 0.1) is 0 Å². The molecule has 5 heteroatoms. The van der Waals surface area contributed by atoms with Crippen molar-refractivity contribution in [3.8, 4) is 0 Å². The van der Waals surface area contributed by atoms with Crippen molar-refractivity contribution in [1.29, 1.82) is 0 Å². The van der Waals surface area contributed by atoms with Crippen LogP contribution >= 0.6 is 11.6 Å². The van der Waals surface area contributed by atoms with Gasteiger partial charge in [0.15, 0.2) is 0 Å². The highest BCUT2D eigenvalue weighted by Gasteiger charge is 2.29. The van der Waals surface area contributed by atoms with Gasteiger partial charge < -0.3 is 15.2 Å². The summed E-state index contributed by atoms with van der Waals surface area (Å²) in [6.07, 6.45) is 4.05. The molecule has 0 aromatic heterocycles. The average molecular weight is 230 g/mol. The number of ether oxygens (including phenoxy) is 1. The summed E-state index contributed by atoms with van der Waals surface area (Å²) in [5, 5.41) is 12.7. The third kappa shape index (κ3) is 2.52. The largest absolute Gasteiger partial charge is 0.491 e. The van der Waals surface area contributed by atoms with E-state index in [1.165, 1.54) is 0 Å². The second-order valence-corrected chi connectivity index (χ2v) is 4.17. The van der Waals surface area contributed by atoms with Gasteiger partial charge in [0.25, 0.3) is 0 Å². The van der Waals surface area contributed by atoms with E-state index in [1.54, 1.807) is 12.2 Å². The number of morpholine rings is 1. The molecule has 1 fully saturated rings. The second-order valence-electron chi connectivity index (χ2n) is 3.69. The Bertz CT molecular complexity index is 338. The van der Waals surface area contributed by atoms with E-state index in [1.807, 2.05) is 0 Å². The summed E-state index contributed by atoms with van der Waals surface area (Å²) in [6, 6.07) is 0.104. The highest BCUT2D eigenvalue weighted by Crippen LogP contribution is 2.26. The van der Waals surface area contributed by atoms with Crippen molar-refractivity contribution in [2.24, 2.45) is 0 Å². The van der Waals surface area contributed by atoms with Gasteiger partial charge in [-0.1, -0.05) is 11.6 Å².